The van der Waals surface area contributed by atoms with Crippen molar-refractivity contribution in [2.45, 2.75) is 45.8 Å². The summed E-state index contributed by atoms with van der Waals surface area (Å²) < 4.78 is 9.60. The van der Waals surface area contributed by atoms with Gasteiger partial charge in [0.15, 0.2) is 0 Å². The number of rotatable bonds is 17. The molecule has 0 rings (SSSR count). The van der Waals surface area contributed by atoms with E-state index in [1.807, 2.05) is 27.7 Å². The van der Waals surface area contributed by atoms with Crippen LogP contribution in [0.25, 0.3) is 0 Å². The molecule has 0 aromatic rings. The molecule has 0 aliphatic carbocycles. The van der Waals surface area contributed by atoms with Crippen LogP contribution in [0.4, 0.5) is 0 Å². The smallest absolute Gasteiger partial charge is 0.317 e. The topological polar surface area (TPSA) is 137 Å². The molecule has 0 radical (unpaired) electrons. The zero-order chi connectivity index (χ0) is 21.7. The van der Waals surface area contributed by atoms with Gasteiger partial charge in [0.05, 0.1) is 13.1 Å². The molecule has 162 valence electrons. The van der Waals surface area contributed by atoms with Crippen LogP contribution in [-0.4, -0.2) is 108 Å². The normalized spacial score (nSPS) is 12.6. The summed E-state index contributed by atoms with van der Waals surface area (Å²) in [4.78, 5) is 48.6. The molecule has 0 aliphatic rings. The highest BCUT2D eigenvalue weighted by atomic mass is 16.5. The summed E-state index contributed by atoms with van der Waals surface area (Å²) in [5.74, 6) is -2.12. The first-order chi connectivity index (χ1) is 13.1. The molecular formula is C17H31N3O8. The average molecular weight is 405 g/mol. The molecule has 0 fully saturated rings. The van der Waals surface area contributed by atoms with Crippen LogP contribution >= 0.6 is 0 Å². The molecule has 0 amide bonds. The number of carboxylic acid groups (broad SMARTS) is 2. The van der Waals surface area contributed by atoms with E-state index >= 15 is 0 Å². The first-order valence-electron chi connectivity index (χ1n) is 8.88. The second kappa shape index (κ2) is 13.9. The van der Waals surface area contributed by atoms with Crippen molar-refractivity contribution < 1.29 is 38.9 Å². The fourth-order valence-corrected chi connectivity index (χ4v) is 2.58. The van der Waals surface area contributed by atoms with E-state index in [9.17, 15) is 24.3 Å². The van der Waals surface area contributed by atoms with Gasteiger partial charge in [-0.1, -0.05) is 0 Å². The molecule has 0 aromatic carbocycles. The lowest BCUT2D eigenvalue weighted by molar-refractivity contribution is -0.147. The predicted octanol–water partition coefficient (Wildman–Crippen LogP) is -0.492. The summed E-state index contributed by atoms with van der Waals surface area (Å²) in [6.07, 6.45) is 0. The minimum atomic E-state index is -1.12. The van der Waals surface area contributed by atoms with Crippen LogP contribution in [0, 0.1) is 0 Å². The van der Waals surface area contributed by atoms with E-state index in [1.54, 1.807) is 9.80 Å². The van der Waals surface area contributed by atoms with Gasteiger partial charge in [-0.05, 0) is 27.7 Å². The Hall–Kier alpha value is -2.24. The third-order valence-electron chi connectivity index (χ3n) is 4.16. The summed E-state index contributed by atoms with van der Waals surface area (Å²) >= 11 is 0. The Bertz CT molecular complexity index is 501. The number of carbonyl (C=O) groups is 4. The minimum Gasteiger partial charge on any atom is -0.480 e. The summed E-state index contributed by atoms with van der Waals surface area (Å²) in [6, 6.07) is -0.653. The quantitative estimate of drug-likeness (QED) is 0.239. The molecule has 1 atom stereocenters. The fraction of sp³-hybridized carbons (Fsp3) is 0.765. The van der Waals surface area contributed by atoms with Crippen molar-refractivity contribution in [2.24, 2.45) is 0 Å². The van der Waals surface area contributed by atoms with Crippen molar-refractivity contribution >= 4 is 24.9 Å². The minimum absolute atomic E-state index is 0.00623. The Balaban J connectivity index is 5.65. The highest BCUT2D eigenvalue weighted by molar-refractivity contribution is 5.69. The Morgan fingerprint density at radius 3 is 1.57 bits per heavy atom. The zero-order valence-electron chi connectivity index (χ0n) is 16.8. The number of nitrogens with zero attached hydrogens (tertiary/aromatic N) is 3. The Morgan fingerprint density at radius 2 is 1.18 bits per heavy atom. The van der Waals surface area contributed by atoms with Crippen molar-refractivity contribution in [3.05, 3.63) is 0 Å². The second-order valence-electron chi connectivity index (χ2n) is 6.86. The van der Waals surface area contributed by atoms with Gasteiger partial charge in [0.25, 0.3) is 12.9 Å². The third kappa shape index (κ3) is 10.8. The van der Waals surface area contributed by atoms with E-state index in [4.69, 9.17) is 14.6 Å². The van der Waals surface area contributed by atoms with Crippen molar-refractivity contribution in [1.29, 1.82) is 0 Å². The summed E-state index contributed by atoms with van der Waals surface area (Å²) in [7, 11) is 0. The SMILES string of the molecule is CC(C)N(COC=O)CC(CN(CC(=O)O)C(C)C)N(COC=O)CC(=O)O. The maximum Gasteiger partial charge on any atom is 0.317 e. The molecule has 0 bridgehead atoms. The van der Waals surface area contributed by atoms with Crippen LogP contribution in [0.5, 0.6) is 0 Å². The van der Waals surface area contributed by atoms with E-state index < -0.39 is 24.5 Å². The summed E-state index contributed by atoms with van der Waals surface area (Å²) in [6.45, 7) is 7.55. The van der Waals surface area contributed by atoms with Crippen LogP contribution in [-0.2, 0) is 28.7 Å². The van der Waals surface area contributed by atoms with E-state index in [2.05, 4.69) is 0 Å². The largest absolute Gasteiger partial charge is 0.480 e. The number of hydrogen-bond donors (Lipinski definition) is 2. The van der Waals surface area contributed by atoms with Crippen molar-refractivity contribution in [3.63, 3.8) is 0 Å². The fourth-order valence-electron chi connectivity index (χ4n) is 2.58. The first kappa shape index (κ1) is 25.8. The van der Waals surface area contributed by atoms with E-state index in [-0.39, 0.29) is 51.7 Å². The summed E-state index contributed by atoms with van der Waals surface area (Å²) in [5, 5.41) is 18.4. The van der Waals surface area contributed by atoms with Crippen molar-refractivity contribution in [1.82, 2.24) is 14.7 Å². The first-order valence-corrected chi connectivity index (χ1v) is 8.88. The molecule has 0 heterocycles. The van der Waals surface area contributed by atoms with E-state index in [0.717, 1.165) is 0 Å². The highest BCUT2D eigenvalue weighted by Crippen LogP contribution is 2.11. The molecule has 0 saturated heterocycles. The van der Waals surface area contributed by atoms with Gasteiger partial charge in [-0.15, -0.1) is 0 Å². The van der Waals surface area contributed by atoms with Crippen molar-refractivity contribution in [2.75, 3.05) is 39.6 Å². The maximum atomic E-state index is 11.3. The number of carboxylic acids is 2. The molecule has 11 heteroatoms. The lowest BCUT2D eigenvalue weighted by Crippen LogP contribution is -2.55. The molecule has 0 spiro atoms. The second-order valence-corrected chi connectivity index (χ2v) is 6.86. The maximum absolute atomic E-state index is 11.3. The number of aliphatic carboxylic acids is 2. The Morgan fingerprint density at radius 1 is 0.786 bits per heavy atom. The van der Waals surface area contributed by atoms with Gasteiger partial charge in [-0.3, -0.25) is 33.9 Å². The standard InChI is InChI=1S/C17H31N3O8/c1-13(2)18(7-16(23)24)5-15(6-19(14(3)4)9-27-11-21)20(8-17(25)26)10-28-12-22/h11-15H,5-10H2,1-4H3,(H,23,24)(H,25,26). The van der Waals surface area contributed by atoms with E-state index in [1.165, 1.54) is 4.90 Å². The summed E-state index contributed by atoms with van der Waals surface area (Å²) in [5.41, 5.74) is 0. The lowest BCUT2D eigenvalue weighted by Gasteiger charge is -2.38. The van der Waals surface area contributed by atoms with Gasteiger partial charge in [0.1, 0.15) is 13.5 Å². The van der Waals surface area contributed by atoms with Crippen LogP contribution in [0.1, 0.15) is 27.7 Å². The Labute approximate surface area is 164 Å². The van der Waals surface area contributed by atoms with Gasteiger partial charge in [-0.25, -0.2) is 0 Å². The highest BCUT2D eigenvalue weighted by Gasteiger charge is 2.28. The molecule has 1 unspecified atom stereocenters. The molecule has 0 aromatic heterocycles. The Kier molecular flexibility index (Phi) is 12.7. The molecule has 11 nitrogen and oxygen atoms in total. The third-order valence-corrected chi connectivity index (χ3v) is 4.16. The van der Waals surface area contributed by atoms with Gasteiger partial charge in [0, 0.05) is 31.2 Å². The van der Waals surface area contributed by atoms with Gasteiger partial charge in [0.2, 0.25) is 0 Å². The monoisotopic (exact) mass is 405 g/mol. The van der Waals surface area contributed by atoms with Crippen LogP contribution in [0.2, 0.25) is 0 Å². The van der Waals surface area contributed by atoms with Gasteiger partial charge < -0.3 is 19.7 Å². The zero-order valence-corrected chi connectivity index (χ0v) is 16.8. The van der Waals surface area contributed by atoms with Crippen molar-refractivity contribution in [3.8, 4) is 0 Å². The van der Waals surface area contributed by atoms with Gasteiger partial charge >= 0.3 is 11.9 Å². The molecule has 28 heavy (non-hydrogen) atoms. The van der Waals surface area contributed by atoms with Crippen LogP contribution in [0.3, 0.4) is 0 Å². The van der Waals surface area contributed by atoms with Crippen LogP contribution < -0.4 is 0 Å². The number of hydrogen-bond acceptors (Lipinski definition) is 9. The van der Waals surface area contributed by atoms with Gasteiger partial charge in [-0.2, -0.15) is 0 Å². The molecule has 2 N–H and O–H groups in total. The predicted molar refractivity (Wildman–Crippen MR) is 98.3 cm³/mol. The number of ether oxygens (including phenoxy) is 2. The average Bonchev–Trinajstić information content (AvgIpc) is 2.59. The molecular weight excluding hydrogens is 374 g/mol. The van der Waals surface area contributed by atoms with E-state index in [0.29, 0.717) is 6.47 Å². The molecule has 0 aliphatic heterocycles. The lowest BCUT2D eigenvalue weighted by atomic mass is 10.1. The number of carbonyl (C=O) groups excluding carboxylic acids is 2. The van der Waals surface area contributed by atoms with Crippen LogP contribution in [0.15, 0.2) is 0 Å². The molecule has 0 saturated carbocycles.